The topological polar surface area (TPSA) is 38.9 Å². The molecule has 0 fully saturated rings. The molecule has 0 amide bonds. The van der Waals surface area contributed by atoms with E-state index < -0.39 is 0 Å². The third-order valence-corrected chi connectivity index (χ3v) is 2.62. The molecule has 2 rings (SSSR count). The van der Waals surface area contributed by atoms with Crippen LogP contribution in [0.5, 0.6) is 0 Å². The van der Waals surface area contributed by atoms with Gasteiger partial charge in [-0.15, -0.1) is 11.8 Å². The fraction of sp³-hybridized carbons (Fsp3) is 0.143. The van der Waals surface area contributed by atoms with Crippen molar-refractivity contribution in [2.24, 2.45) is 0 Å². The van der Waals surface area contributed by atoms with Crippen molar-refractivity contribution >= 4 is 34.4 Å². The zero-order valence-corrected chi connectivity index (χ0v) is 7.82. The lowest BCUT2D eigenvalue weighted by atomic mass is 10.3. The molecule has 12 heavy (non-hydrogen) atoms. The zero-order valence-electron chi connectivity index (χ0n) is 6.24. The number of rotatable bonds is 1. The summed E-state index contributed by atoms with van der Waals surface area (Å²) in [6.45, 7) is 0. The van der Waals surface area contributed by atoms with E-state index in [0.29, 0.717) is 10.5 Å². The van der Waals surface area contributed by atoms with Crippen molar-refractivity contribution in [3.8, 4) is 0 Å². The Morgan fingerprint density at radius 1 is 1.33 bits per heavy atom. The average molecular weight is 201 g/mol. The van der Waals surface area contributed by atoms with Gasteiger partial charge in [-0.2, -0.15) is 0 Å². The van der Waals surface area contributed by atoms with Crippen LogP contribution in [-0.4, -0.2) is 16.6 Å². The Kier molecular flexibility index (Phi) is 1.94. The minimum absolute atomic E-state index is 0.573. The van der Waals surface area contributed by atoms with Crippen LogP contribution in [0.3, 0.4) is 0 Å². The number of hydrogen-bond acceptors (Lipinski definition) is 4. The summed E-state index contributed by atoms with van der Waals surface area (Å²) in [5.74, 6) is 0. The molecule has 0 N–H and O–H groups in total. The van der Waals surface area contributed by atoms with Crippen molar-refractivity contribution in [2.75, 3.05) is 6.26 Å². The lowest BCUT2D eigenvalue weighted by Gasteiger charge is -1.95. The predicted molar refractivity (Wildman–Crippen MR) is 48.6 cm³/mol. The first-order valence-corrected chi connectivity index (χ1v) is 4.88. The fourth-order valence-electron chi connectivity index (χ4n) is 0.978. The van der Waals surface area contributed by atoms with E-state index in [2.05, 4.69) is 14.9 Å². The molecule has 3 nitrogen and oxygen atoms in total. The van der Waals surface area contributed by atoms with Crippen LogP contribution in [-0.2, 0) is 0 Å². The van der Waals surface area contributed by atoms with Crippen molar-refractivity contribution in [2.45, 2.75) is 4.90 Å². The van der Waals surface area contributed by atoms with Crippen LogP contribution < -0.4 is 0 Å². The zero-order chi connectivity index (χ0) is 8.55. The van der Waals surface area contributed by atoms with Crippen molar-refractivity contribution in [1.82, 2.24) is 10.3 Å². The number of thioether (sulfide) groups is 1. The Hall–Kier alpha value is -0.740. The normalized spacial score (nSPS) is 10.8. The molecule has 1 aromatic heterocycles. The van der Waals surface area contributed by atoms with E-state index in [1.54, 1.807) is 17.8 Å². The van der Waals surface area contributed by atoms with E-state index in [1.807, 2.05) is 12.3 Å². The van der Waals surface area contributed by atoms with Gasteiger partial charge < -0.3 is 0 Å². The lowest BCUT2D eigenvalue weighted by molar-refractivity contribution is 0.315. The van der Waals surface area contributed by atoms with Crippen molar-refractivity contribution in [3.05, 3.63) is 17.2 Å². The maximum atomic E-state index is 5.86. The van der Waals surface area contributed by atoms with Crippen LogP contribution in [0.1, 0.15) is 0 Å². The first-order chi connectivity index (χ1) is 5.83. The van der Waals surface area contributed by atoms with Gasteiger partial charge in [0.15, 0.2) is 5.52 Å². The first-order valence-electron chi connectivity index (χ1n) is 3.27. The first kappa shape index (κ1) is 7.89. The second-order valence-corrected chi connectivity index (χ2v) is 3.47. The molecule has 0 radical (unpaired) electrons. The summed E-state index contributed by atoms with van der Waals surface area (Å²) in [7, 11) is 0. The van der Waals surface area contributed by atoms with Gasteiger partial charge in [-0.1, -0.05) is 11.6 Å². The third kappa shape index (κ3) is 1.07. The molecule has 62 valence electrons. The van der Waals surface area contributed by atoms with Crippen molar-refractivity contribution in [3.63, 3.8) is 0 Å². The highest BCUT2D eigenvalue weighted by atomic mass is 35.5. The van der Waals surface area contributed by atoms with E-state index >= 15 is 0 Å². The SMILES string of the molecule is CSc1ccc(Cl)c2nonc12. The molecule has 0 saturated carbocycles. The molecule has 1 heterocycles. The summed E-state index contributed by atoms with van der Waals surface area (Å²) < 4.78 is 4.59. The van der Waals surface area contributed by atoms with Crippen LogP contribution in [0.2, 0.25) is 5.02 Å². The maximum absolute atomic E-state index is 5.86. The molecule has 5 heteroatoms. The minimum atomic E-state index is 0.573. The van der Waals surface area contributed by atoms with Crippen LogP contribution >= 0.6 is 23.4 Å². The molecule has 0 saturated heterocycles. The Morgan fingerprint density at radius 2 is 2.08 bits per heavy atom. The Bertz CT molecular complexity index is 415. The molecule has 0 unspecified atom stereocenters. The van der Waals surface area contributed by atoms with Crippen LogP contribution in [0.15, 0.2) is 21.7 Å². The number of hydrogen-bond donors (Lipinski definition) is 0. The van der Waals surface area contributed by atoms with Gasteiger partial charge in [0.05, 0.1) is 5.02 Å². The quantitative estimate of drug-likeness (QED) is 0.664. The summed E-state index contributed by atoms with van der Waals surface area (Å²) in [6, 6.07) is 3.69. The molecule has 2 aromatic rings. The van der Waals surface area contributed by atoms with Gasteiger partial charge in [0.25, 0.3) is 0 Å². The van der Waals surface area contributed by atoms with Crippen molar-refractivity contribution in [1.29, 1.82) is 0 Å². The molecule has 0 bridgehead atoms. The minimum Gasteiger partial charge on any atom is -0.243 e. The van der Waals surface area contributed by atoms with E-state index in [1.165, 1.54) is 0 Å². The summed E-state index contributed by atoms with van der Waals surface area (Å²) in [6.07, 6.45) is 1.97. The molecule has 0 aliphatic carbocycles. The van der Waals surface area contributed by atoms with Gasteiger partial charge in [0.2, 0.25) is 0 Å². The molecule has 0 aliphatic heterocycles. The predicted octanol–water partition coefficient (Wildman–Crippen LogP) is 2.60. The molecular formula is C7H5ClN2OS. The highest BCUT2D eigenvalue weighted by Crippen LogP contribution is 2.28. The van der Waals surface area contributed by atoms with Gasteiger partial charge >= 0.3 is 0 Å². The maximum Gasteiger partial charge on any atom is 0.154 e. The summed E-state index contributed by atoms with van der Waals surface area (Å²) in [5.41, 5.74) is 1.36. The van der Waals surface area contributed by atoms with Gasteiger partial charge in [-0.05, 0) is 28.7 Å². The summed E-state index contributed by atoms with van der Waals surface area (Å²) in [4.78, 5) is 1.02. The number of benzene rings is 1. The number of fused-ring (bicyclic) bond motifs is 1. The largest absolute Gasteiger partial charge is 0.243 e. The highest BCUT2D eigenvalue weighted by molar-refractivity contribution is 7.98. The molecule has 1 aromatic carbocycles. The monoisotopic (exact) mass is 200 g/mol. The van der Waals surface area contributed by atoms with Gasteiger partial charge in [0, 0.05) is 4.90 Å². The van der Waals surface area contributed by atoms with E-state index in [0.717, 1.165) is 10.4 Å². The van der Waals surface area contributed by atoms with E-state index in [-0.39, 0.29) is 0 Å². The van der Waals surface area contributed by atoms with Gasteiger partial charge in [-0.3, -0.25) is 0 Å². The van der Waals surface area contributed by atoms with Gasteiger partial charge in [-0.25, -0.2) is 4.63 Å². The second kappa shape index (κ2) is 2.95. The average Bonchev–Trinajstić information content (AvgIpc) is 2.54. The standard InChI is InChI=1S/C7H5ClN2OS/c1-12-5-3-2-4(8)6-7(5)10-11-9-6/h2-3H,1H3. The highest BCUT2D eigenvalue weighted by Gasteiger charge is 2.08. The van der Waals surface area contributed by atoms with Crippen LogP contribution in [0.4, 0.5) is 0 Å². The fourth-order valence-corrected chi connectivity index (χ4v) is 1.70. The molecule has 0 atom stereocenters. The number of halogens is 1. The van der Waals surface area contributed by atoms with Gasteiger partial charge in [0.1, 0.15) is 5.52 Å². The van der Waals surface area contributed by atoms with Crippen LogP contribution in [0.25, 0.3) is 11.0 Å². The summed E-state index contributed by atoms with van der Waals surface area (Å²) >= 11 is 7.45. The lowest BCUT2D eigenvalue weighted by Crippen LogP contribution is -1.76. The van der Waals surface area contributed by atoms with E-state index in [4.69, 9.17) is 11.6 Å². The second-order valence-electron chi connectivity index (χ2n) is 2.21. The van der Waals surface area contributed by atoms with E-state index in [9.17, 15) is 0 Å². The van der Waals surface area contributed by atoms with Crippen molar-refractivity contribution < 1.29 is 4.63 Å². The number of nitrogens with zero attached hydrogens (tertiary/aromatic N) is 2. The number of aromatic nitrogens is 2. The molecule has 0 aliphatic rings. The Labute approximate surface area is 78.0 Å². The Morgan fingerprint density at radius 3 is 2.83 bits per heavy atom. The molecule has 0 spiro atoms. The smallest absolute Gasteiger partial charge is 0.154 e. The third-order valence-electron chi connectivity index (χ3n) is 1.55. The Balaban J connectivity index is 2.82. The molecular weight excluding hydrogens is 196 g/mol. The summed E-state index contributed by atoms with van der Waals surface area (Å²) in [5, 5.41) is 8.03. The van der Waals surface area contributed by atoms with Crippen LogP contribution in [0, 0.1) is 0 Å².